The molecule has 0 unspecified atom stereocenters. The van der Waals surface area contributed by atoms with E-state index in [1.807, 2.05) is 71.0 Å². The van der Waals surface area contributed by atoms with Crippen molar-refractivity contribution in [2.75, 3.05) is 26.2 Å². The van der Waals surface area contributed by atoms with Crippen LogP contribution in [0.4, 0.5) is 0 Å². The Morgan fingerprint density at radius 2 is 1.72 bits per heavy atom. The number of carbonyl (C=O) groups is 5. The molecule has 54 heavy (non-hydrogen) atoms. The van der Waals surface area contributed by atoms with E-state index in [1.54, 1.807) is 6.26 Å². The second-order valence-corrected chi connectivity index (χ2v) is 15.5. The smallest absolute Gasteiger partial charge is 0.246 e. The van der Waals surface area contributed by atoms with Gasteiger partial charge in [-0.3, -0.25) is 24.0 Å². The third-order valence-corrected chi connectivity index (χ3v) is 11.0. The predicted octanol–water partition coefficient (Wildman–Crippen LogP) is 2.63. The van der Waals surface area contributed by atoms with E-state index in [1.165, 1.54) is 9.80 Å². The number of fused-ring (bicyclic) bond motifs is 4. The Labute approximate surface area is 316 Å². The van der Waals surface area contributed by atoms with Gasteiger partial charge in [0.15, 0.2) is 0 Å². The lowest BCUT2D eigenvalue weighted by atomic mass is 9.96. The van der Waals surface area contributed by atoms with Crippen molar-refractivity contribution in [1.82, 2.24) is 25.8 Å². The molecule has 1 aromatic heterocycles. The summed E-state index contributed by atoms with van der Waals surface area (Å²) < 4.78 is 11.9. The number of amides is 5. The number of aliphatic hydroxyl groups is 1. The molecule has 3 aliphatic rings. The van der Waals surface area contributed by atoms with Gasteiger partial charge in [-0.05, 0) is 74.6 Å². The number of hydrogen-bond acceptors (Lipinski definition) is 8. The minimum atomic E-state index is -1.22. The molecule has 4 heterocycles. The number of benzene rings is 2. The average molecular weight is 744 g/mol. The van der Waals surface area contributed by atoms with Crippen LogP contribution in [0.1, 0.15) is 67.3 Å². The summed E-state index contributed by atoms with van der Waals surface area (Å²) in [5, 5.41) is 21.2. The van der Waals surface area contributed by atoms with E-state index in [-0.39, 0.29) is 31.9 Å². The lowest BCUT2D eigenvalue weighted by Gasteiger charge is -2.38. The molecule has 13 nitrogen and oxygen atoms in total. The minimum Gasteiger partial charge on any atom is -0.464 e. The average Bonchev–Trinajstić information content (AvgIpc) is 3.79. The fourth-order valence-corrected chi connectivity index (χ4v) is 8.08. The van der Waals surface area contributed by atoms with Crippen LogP contribution in [0.25, 0.3) is 11.0 Å². The van der Waals surface area contributed by atoms with Gasteiger partial charge >= 0.3 is 0 Å². The van der Waals surface area contributed by atoms with Crippen LogP contribution in [0.3, 0.4) is 0 Å². The van der Waals surface area contributed by atoms with Gasteiger partial charge in [-0.2, -0.15) is 0 Å². The van der Waals surface area contributed by atoms with E-state index in [0.717, 1.165) is 27.6 Å². The summed E-state index contributed by atoms with van der Waals surface area (Å²) in [6.45, 7) is 9.77. The molecular weight excluding hydrogens is 690 g/mol. The first kappa shape index (κ1) is 39.0. The Bertz CT molecular complexity index is 1880. The molecule has 3 aromatic rings. The molecule has 5 amide bonds. The van der Waals surface area contributed by atoms with Gasteiger partial charge in [0.25, 0.3) is 0 Å². The molecular formula is C41H53N5O8. The molecule has 3 aliphatic heterocycles. The monoisotopic (exact) mass is 743 g/mol. The summed E-state index contributed by atoms with van der Waals surface area (Å²) in [5.41, 5.74) is 5.18. The number of hydrogen-bond donors (Lipinski definition) is 4. The van der Waals surface area contributed by atoms with Crippen LogP contribution in [-0.4, -0.2) is 107 Å². The van der Waals surface area contributed by atoms with Gasteiger partial charge in [0.05, 0.1) is 31.8 Å². The zero-order valence-corrected chi connectivity index (χ0v) is 31.9. The fraction of sp³-hybridized carbons (Fsp3) is 0.537. The number of nitrogens with zero attached hydrogens (tertiary/aromatic N) is 2. The molecule has 0 aliphatic carbocycles. The topological polar surface area (TPSA) is 171 Å². The van der Waals surface area contributed by atoms with Crippen molar-refractivity contribution >= 4 is 40.5 Å². The lowest BCUT2D eigenvalue weighted by molar-refractivity contribution is -0.145. The summed E-state index contributed by atoms with van der Waals surface area (Å²) in [4.78, 5) is 73.1. The Morgan fingerprint density at radius 3 is 2.46 bits per heavy atom. The van der Waals surface area contributed by atoms with E-state index < -0.39 is 72.5 Å². The highest BCUT2D eigenvalue weighted by Gasteiger charge is 2.41. The molecule has 0 saturated carbocycles. The van der Waals surface area contributed by atoms with Crippen molar-refractivity contribution in [2.24, 2.45) is 5.92 Å². The zero-order valence-electron chi connectivity index (χ0n) is 31.9. The number of aliphatic hydroxyl groups excluding tert-OH is 1. The van der Waals surface area contributed by atoms with Gasteiger partial charge in [0.2, 0.25) is 29.5 Å². The van der Waals surface area contributed by atoms with Gasteiger partial charge in [-0.1, -0.05) is 50.2 Å². The summed E-state index contributed by atoms with van der Waals surface area (Å²) in [6.07, 6.45) is 1.14. The largest absolute Gasteiger partial charge is 0.464 e. The molecule has 3 fully saturated rings. The molecule has 2 aromatic carbocycles. The normalized spacial score (nSPS) is 26.0. The van der Waals surface area contributed by atoms with Gasteiger partial charge in [0, 0.05) is 30.5 Å². The van der Waals surface area contributed by atoms with Crippen molar-refractivity contribution in [3.63, 3.8) is 0 Å². The van der Waals surface area contributed by atoms with Crippen molar-refractivity contribution in [1.29, 1.82) is 0 Å². The van der Waals surface area contributed by atoms with Crippen molar-refractivity contribution < 1.29 is 38.2 Å². The zero-order chi connectivity index (χ0) is 38.7. The molecule has 290 valence electrons. The molecule has 3 saturated heterocycles. The van der Waals surface area contributed by atoms with Crippen molar-refractivity contribution in [3.8, 4) is 0 Å². The van der Waals surface area contributed by atoms with Gasteiger partial charge in [0.1, 0.15) is 35.9 Å². The van der Waals surface area contributed by atoms with Crippen LogP contribution in [0.2, 0.25) is 0 Å². The predicted molar refractivity (Wildman–Crippen MR) is 201 cm³/mol. The van der Waals surface area contributed by atoms with Crippen LogP contribution in [-0.2, 0) is 41.6 Å². The molecule has 0 spiro atoms. The van der Waals surface area contributed by atoms with Crippen LogP contribution in [0, 0.1) is 26.7 Å². The first-order valence-corrected chi connectivity index (χ1v) is 19.1. The number of ether oxygens (including phenoxy) is 1. The van der Waals surface area contributed by atoms with Crippen LogP contribution in [0.15, 0.2) is 47.1 Å². The first-order chi connectivity index (χ1) is 25.8. The van der Waals surface area contributed by atoms with Crippen molar-refractivity contribution in [2.45, 2.75) is 110 Å². The highest BCUT2D eigenvalue weighted by Crippen LogP contribution is 2.31. The molecule has 6 rings (SSSR count). The third-order valence-electron chi connectivity index (χ3n) is 11.0. The quantitative estimate of drug-likeness (QED) is 0.299. The highest BCUT2D eigenvalue weighted by atomic mass is 16.5. The minimum absolute atomic E-state index is 0.0536. The van der Waals surface area contributed by atoms with Crippen LogP contribution in [0.5, 0.6) is 0 Å². The number of carbonyl (C=O) groups excluding carboxylic acids is 5. The first-order valence-electron chi connectivity index (χ1n) is 19.1. The standard InChI is InChI=1S/C41H53N5O8/c1-23(2)16-30-39(50)43-29-13-15-53-33(37(29)49)20-45(35(48)19-28-22-54-38-26(5)24(3)17-25(4)36(28)38)21-34(47)42-31(18-27-10-7-6-8-11-27)41(52)46-14-9-12-32(46)40(51)44-30/h6-8,10-11,17,22-23,29-33,37,49H,9,12-16,18-21H2,1-5H3,(H,42,47)(H,43,50)(H,44,51)/t29-,30+,31-,32+,33+,37-/m0/s1. The number of furan rings is 1. The van der Waals surface area contributed by atoms with E-state index in [9.17, 15) is 29.1 Å². The Balaban J connectivity index is 1.35. The Hall–Kier alpha value is -4.75. The van der Waals surface area contributed by atoms with Crippen LogP contribution >= 0.6 is 0 Å². The second kappa shape index (κ2) is 16.7. The van der Waals surface area contributed by atoms with E-state index in [0.29, 0.717) is 43.4 Å². The van der Waals surface area contributed by atoms with E-state index in [4.69, 9.17) is 9.15 Å². The molecule has 2 bridgehead atoms. The molecule has 6 atom stereocenters. The Kier molecular flexibility index (Phi) is 12.1. The highest BCUT2D eigenvalue weighted by molar-refractivity contribution is 5.96. The van der Waals surface area contributed by atoms with Gasteiger partial charge < -0.3 is 40.0 Å². The third kappa shape index (κ3) is 8.63. The summed E-state index contributed by atoms with van der Waals surface area (Å²) in [6, 6.07) is 7.82. The second-order valence-electron chi connectivity index (χ2n) is 15.5. The number of nitrogens with one attached hydrogen (secondary N) is 3. The van der Waals surface area contributed by atoms with Gasteiger partial charge in [-0.25, -0.2) is 0 Å². The lowest BCUT2D eigenvalue weighted by Crippen LogP contribution is -2.60. The number of rotatable bonds is 6. The van der Waals surface area contributed by atoms with E-state index in [2.05, 4.69) is 16.0 Å². The summed E-state index contributed by atoms with van der Waals surface area (Å²) >= 11 is 0. The Morgan fingerprint density at radius 1 is 0.963 bits per heavy atom. The maximum atomic E-state index is 14.3. The van der Waals surface area contributed by atoms with Gasteiger partial charge in [-0.15, -0.1) is 0 Å². The molecule has 0 radical (unpaired) electrons. The van der Waals surface area contributed by atoms with E-state index >= 15 is 0 Å². The molecule has 13 heteroatoms. The summed E-state index contributed by atoms with van der Waals surface area (Å²) in [7, 11) is 0. The summed E-state index contributed by atoms with van der Waals surface area (Å²) in [5.74, 6) is -2.22. The maximum Gasteiger partial charge on any atom is 0.246 e. The van der Waals surface area contributed by atoms with Crippen molar-refractivity contribution in [3.05, 3.63) is 70.5 Å². The number of aryl methyl sites for hydroxylation is 3. The SMILES string of the molecule is Cc1cc(C)c2c(CC(=O)N3CC(=O)N[C@@H](Cc4ccccc4)C(=O)N4CCC[C@@H]4C(=O)N[C@H](CC(C)C)C(=O)N[C@H]4CCO[C@H](C3)[C@H]4O)coc2c1C. The van der Waals surface area contributed by atoms with Crippen LogP contribution < -0.4 is 16.0 Å². The molecule has 4 N–H and O–H groups in total. The maximum absolute atomic E-state index is 14.3. The fourth-order valence-electron chi connectivity index (χ4n) is 8.08.